The van der Waals surface area contributed by atoms with Crippen molar-refractivity contribution < 1.29 is 0 Å². The third kappa shape index (κ3) is 3.67. The topological polar surface area (TPSA) is 31.4 Å². The molecule has 1 fully saturated rings. The fourth-order valence-electron chi connectivity index (χ4n) is 2.81. The van der Waals surface area contributed by atoms with Gasteiger partial charge in [-0.1, -0.05) is 6.92 Å². The number of nitrogens with one attached hydrogen (secondary N) is 1. The Bertz CT molecular complexity index is 393. The summed E-state index contributed by atoms with van der Waals surface area (Å²) in [6.45, 7) is 6.40. The Morgan fingerprint density at radius 1 is 1.53 bits per heavy atom. The van der Waals surface area contributed by atoms with Gasteiger partial charge in [0, 0.05) is 49.8 Å². The smallest absolute Gasteiger partial charge is 0.0443 e. The molecule has 2 rings (SSSR count). The van der Waals surface area contributed by atoms with Gasteiger partial charge >= 0.3 is 0 Å². The normalized spacial score (nSPS) is 20.5. The van der Waals surface area contributed by atoms with Crippen molar-refractivity contribution in [1.82, 2.24) is 15.2 Å². The Balaban J connectivity index is 2.11. The molecule has 19 heavy (non-hydrogen) atoms. The van der Waals surface area contributed by atoms with Gasteiger partial charge in [0.15, 0.2) is 0 Å². The molecule has 1 saturated heterocycles. The molecule has 1 N–H and O–H groups in total. The Labute approximate surface area is 116 Å². The molecule has 0 spiro atoms. The first-order valence-corrected chi connectivity index (χ1v) is 7.27. The summed E-state index contributed by atoms with van der Waals surface area (Å²) in [5, 5.41) is 3.39. The Hall–Kier alpha value is -1.13. The molecule has 4 nitrogen and oxygen atoms in total. The lowest BCUT2D eigenvalue weighted by atomic mass is 10.0. The van der Waals surface area contributed by atoms with E-state index in [0.717, 1.165) is 19.6 Å². The lowest BCUT2D eigenvalue weighted by Gasteiger charge is -2.37. The molecule has 0 amide bonds. The molecule has 4 heteroatoms. The molecule has 1 aromatic heterocycles. The average molecular weight is 262 g/mol. The number of anilines is 1. The van der Waals surface area contributed by atoms with Crippen LogP contribution < -0.4 is 10.2 Å². The summed E-state index contributed by atoms with van der Waals surface area (Å²) in [5.74, 6) is 0. The van der Waals surface area contributed by atoms with Crippen LogP contribution >= 0.6 is 0 Å². The second kappa shape index (κ2) is 6.87. The van der Waals surface area contributed by atoms with Crippen molar-refractivity contribution >= 4 is 5.69 Å². The fourth-order valence-corrected chi connectivity index (χ4v) is 2.81. The molecule has 1 aliphatic rings. The molecule has 1 aliphatic heterocycles. The highest BCUT2D eigenvalue weighted by Gasteiger charge is 2.22. The predicted octanol–water partition coefficient (Wildman–Crippen LogP) is 1.72. The van der Waals surface area contributed by atoms with Crippen LogP contribution in [-0.4, -0.2) is 49.7 Å². The molecule has 1 unspecified atom stereocenters. The van der Waals surface area contributed by atoms with Gasteiger partial charge in [0.25, 0.3) is 0 Å². The fraction of sp³-hybridized carbons (Fsp3) is 0.667. The van der Waals surface area contributed by atoms with Gasteiger partial charge in [0.1, 0.15) is 0 Å². The van der Waals surface area contributed by atoms with E-state index in [1.807, 2.05) is 12.4 Å². The SMILES string of the molecule is CCNCc1cnccc1N(C)C1CCCN(C)C1. The van der Waals surface area contributed by atoms with Gasteiger partial charge in [-0.05, 0) is 39.0 Å². The first kappa shape index (κ1) is 14.3. The van der Waals surface area contributed by atoms with Gasteiger partial charge in [0.2, 0.25) is 0 Å². The Morgan fingerprint density at radius 3 is 3.11 bits per heavy atom. The van der Waals surface area contributed by atoms with Gasteiger partial charge in [-0.3, -0.25) is 4.98 Å². The van der Waals surface area contributed by atoms with Crippen LogP contribution in [0.2, 0.25) is 0 Å². The van der Waals surface area contributed by atoms with Crippen LogP contribution in [0.25, 0.3) is 0 Å². The van der Waals surface area contributed by atoms with Crippen LogP contribution in [0.3, 0.4) is 0 Å². The molecule has 106 valence electrons. The zero-order valence-corrected chi connectivity index (χ0v) is 12.4. The van der Waals surface area contributed by atoms with E-state index in [1.54, 1.807) is 0 Å². The average Bonchev–Trinajstić information content (AvgIpc) is 2.44. The van der Waals surface area contributed by atoms with E-state index in [1.165, 1.54) is 30.6 Å². The van der Waals surface area contributed by atoms with Crippen molar-refractivity contribution in [3.8, 4) is 0 Å². The zero-order chi connectivity index (χ0) is 13.7. The number of aromatic nitrogens is 1. The Kier molecular flexibility index (Phi) is 5.16. The van der Waals surface area contributed by atoms with E-state index in [2.05, 4.69) is 47.2 Å². The van der Waals surface area contributed by atoms with Crippen molar-refractivity contribution in [3.63, 3.8) is 0 Å². The lowest BCUT2D eigenvalue weighted by molar-refractivity contribution is 0.248. The third-order valence-corrected chi connectivity index (χ3v) is 3.97. The van der Waals surface area contributed by atoms with Crippen molar-refractivity contribution in [2.45, 2.75) is 32.4 Å². The van der Waals surface area contributed by atoms with Crippen molar-refractivity contribution in [3.05, 3.63) is 24.0 Å². The first-order valence-electron chi connectivity index (χ1n) is 7.27. The van der Waals surface area contributed by atoms with E-state index < -0.39 is 0 Å². The van der Waals surface area contributed by atoms with Gasteiger partial charge in [-0.25, -0.2) is 0 Å². The number of hydrogen-bond acceptors (Lipinski definition) is 4. The summed E-state index contributed by atoms with van der Waals surface area (Å²) in [4.78, 5) is 9.12. The Morgan fingerprint density at radius 2 is 2.37 bits per heavy atom. The van der Waals surface area contributed by atoms with Crippen LogP contribution in [0.1, 0.15) is 25.3 Å². The van der Waals surface area contributed by atoms with E-state index in [9.17, 15) is 0 Å². The minimum Gasteiger partial charge on any atom is -0.370 e. The molecular weight excluding hydrogens is 236 g/mol. The number of hydrogen-bond donors (Lipinski definition) is 1. The maximum atomic E-state index is 4.26. The molecule has 0 bridgehead atoms. The number of nitrogens with zero attached hydrogens (tertiary/aromatic N) is 3. The molecule has 0 saturated carbocycles. The number of piperidine rings is 1. The van der Waals surface area contributed by atoms with Gasteiger partial charge in [-0.2, -0.15) is 0 Å². The standard InChI is InChI=1S/C15H26N4/c1-4-16-10-13-11-17-8-7-15(13)19(3)14-6-5-9-18(2)12-14/h7-8,11,14,16H,4-6,9-10,12H2,1-3H3. The number of likely N-dealkylation sites (N-methyl/N-ethyl adjacent to an activating group) is 2. The van der Waals surface area contributed by atoms with E-state index >= 15 is 0 Å². The molecule has 2 heterocycles. The summed E-state index contributed by atoms with van der Waals surface area (Å²) >= 11 is 0. The minimum atomic E-state index is 0.613. The van der Waals surface area contributed by atoms with Crippen molar-refractivity contribution in [2.75, 3.05) is 38.6 Å². The summed E-state index contributed by atoms with van der Waals surface area (Å²) < 4.78 is 0. The van der Waals surface area contributed by atoms with Crippen molar-refractivity contribution in [1.29, 1.82) is 0 Å². The van der Waals surface area contributed by atoms with Gasteiger partial charge < -0.3 is 15.1 Å². The largest absolute Gasteiger partial charge is 0.370 e. The summed E-state index contributed by atoms with van der Waals surface area (Å²) in [7, 11) is 4.43. The van der Waals surface area contributed by atoms with Crippen LogP contribution in [-0.2, 0) is 6.54 Å². The summed E-state index contributed by atoms with van der Waals surface area (Å²) in [5.41, 5.74) is 2.61. The zero-order valence-electron chi connectivity index (χ0n) is 12.4. The molecule has 1 aromatic rings. The van der Waals surface area contributed by atoms with E-state index in [4.69, 9.17) is 0 Å². The van der Waals surface area contributed by atoms with Crippen LogP contribution in [0.5, 0.6) is 0 Å². The van der Waals surface area contributed by atoms with Crippen LogP contribution in [0.15, 0.2) is 18.5 Å². The predicted molar refractivity (Wildman–Crippen MR) is 80.5 cm³/mol. The molecule has 0 radical (unpaired) electrons. The maximum absolute atomic E-state index is 4.26. The number of rotatable bonds is 5. The van der Waals surface area contributed by atoms with Gasteiger partial charge in [0.05, 0.1) is 0 Å². The second-order valence-corrected chi connectivity index (χ2v) is 5.45. The monoisotopic (exact) mass is 262 g/mol. The highest BCUT2D eigenvalue weighted by Crippen LogP contribution is 2.24. The van der Waals surface area contributed by atoms with Crippen LogP contribution in [0, 0.1) is 0 Å². The first-order chi connectivity index (χ1) is 9.22. The quantitative estimate of drug-likeness (QED) is 0.875. The van der Waals surface area contributed by atoms with Crippen molar-refractivity contribution in [2.24, 2.45) is 0 Å². The van der Waals surface area contributed by atoms with E-state index in [-0.39, 0.29) is 0 Å². The highest BCUT2D eigenvalue weighted by atomic mass is 15.2. The van der Waals surface area contributed by atoms with Crippen LogP contribution in [0.4, 0.5) is 5.69 Å². The third-order valence-electron chi connectivity index (χ3n) is 3.97. The molecular formula is C15H26N4. The summed E-state index contributed by atoms with van der Waals surface area (Å²) in [6, 6.07) is 2.75. The lowest BCUT2D eigenvalue weighted by Crippen LogP contribution is -2.45. The molecule has 0 aliphatic carbocycles. The highest BCUT2D eigenvalue weighted by molar-refractivity contribution is 5.52. The second-order valence-electron chi connectivity index (χ2n) is 5.45. The number of likely N-dealkylation sites (tertiary alicyclic amines) is 1. The summed E-state index contributed by atoms with van der Waals surface area (Å²) in [6.07, 6.45) is 6.46. The number of pyridine rings is 1. The minimum absolute atomic E-state index is 0.613. The molecule has 1 atom stereocenters. The van der Waals surface area contributed by atoms with Gasteiger partial charge in [-0.15, -0.1) is 0 Å². The van der Waals surface area contributed by atoms with E-state index in [0.29, 0.717) is 6.04 Å². The molecule has 0 aromatic carbocycles. The maximum Gasteiger partial charge on any atom is 0.0443 e.